The van der Waals surface area contributed by atoms with E-state index in [9.17, 15) is 9.90 Å². The Labute approximate surface area is 115 Å². The van der Waals surface area contributed by atoms with Gasteiger partial charge in [0, 0.05) is 6.42 Å². The number of nitrogens with two attached hydrogens (primary N) is 1. The zero-order valence-corrected chi connectivity index (χ0v) is 12.6. The Morgan fingerprint density at radius 1 is 1.32 bits per heavy atom. The normalized spacial score (nSPS) is 11.9. The summed E-state index contributed by atoms with van der Waals surface area (Å²) in [5, 5.41) is 10.4. The first-order chi connectivity index (χ1) is 8.62. The number of phenols is 1. The van der Waals surface area contributed by atoms with Crippen LogP contribution in [0, 0.1) is 0 Å². The van der Waals surface area contributed by atoms with Gasteiger partial charge in [0.15, 0.2) is 0 Å². The maximum atomic E-state index is 10.9. The van der Waals surface area contributed by atoms with E-state index in [4.69, 9.17) is 5.73 Å². The van der Waals surface area contributed by atoms with Crippen molar-refractivity contribution >= 4 is 5.91 Å². The molecule has 0 saturated carbocycles. The number of rotatable bonds is 4. The average Bonchev–Trinajstić information content (AvgIpc) is 2.25. The first-order valence-corrected chi connectivity index (χ1v) is 6.77. The van der Waals surface area contributed by atoms with Crippen LogP contribution in [0.15, 0.2) is 12.1 Å². The summed E-state index contributed by atoms with van der Waals surface area (Å²) < 4.78 is 0. The lowest BCUT2D eigenvalue weighted by Crippen LogP contribution is -2.14. The molecule has 0 aliphatic rings. The van der Waals surface area contributed by atoms with Crippen LogP contribution < -0.4 is 5.73 Å². The molecule has 1 aromatic carbocycles. The molecular weight excluding hydrogens is 238 g/mol. The number of aromatic hydroxyl groups is 1. The highest BCUT2D eigenvalue weighted by Gasteiger charge is 2.22. The van der Waals surface area contributed by atoms with Gasteiger partial charge in [-0.25, -0.2) is 0 Å². The van der Waals surface area contributed by atoms with Crippen LogP contribution in [0.1, 0.15) is 63.6 Å². The predicted octanol–water partition coefficient (Wildman–Crippen LogP) is 3.23. The summed E-state index contributed by atoms with van der Waals surface area (Å²) >= 11 is 0. The molecule has 0 unspecified atom stereocenters. The number of benzene rings is 1. The first-order valence-electron chi connectivity index (χ1n) is 6.77. The lowest BCUT2D eigenvalue weighted by Gasteiger charge is -2.24. The fraction of sp³-hybridized carbons (Fsp3) is 0.562. The van der Waals surface area contributed by atoms with Crippen molar-refractivity contribution in [3.8, 4) is 5.75 Å². The van der Waals surface area contributed by atoms with Crippen LogP contribution in [0.3, 0.4) is 0 Å². The van der Waals surface area contributed by atoms with Crippen molar-refractivity contribution in [3.63, 3.8) is 0 Å². The van der Waals surface area contributed by atoms with Gasteiger partial charge in [-0.2, -0.15) is 0 Å². The lowest BCUT2D eigenvalue weighted by atomic mass is 9.82. The third-order valence-electron chi connectivity index (χ3n) is 3.29. The summed E-state index contributed by atoms with van der Waals surface area (Å²) in [4.78, 5) is 10.9. The van der Waals surface area contributed by atoms with Gasteiger partial charge in [0.25, 0.3) is 0 Å². The van der Waals surface area contributed by atoms with Crippen molar-refractivity contribution in [1.29, 1.82) is 0 Å². The van der Waals surface area contributed by atoms with Crippen LogP contribution in [0.5, 0.6) is 5.75 Å². The molecular formula is C16H25NO2. The number of aryl methyl sites for hydroxylation is 1. The monoisotopic (exact) mass is 263 g/mol. The third kappa shape index (κ3) is 3.98. The Morgan fingerprint density at radius 3 is 2.32 bits per heavy atom. The fourth-order valence-corrected chi connectivity index (χ4v) is 2.14. The summed E-state index contributed by atoms with van der Waals surface area (Å²) in [6.45, 7) is 10.3. The largest absolute Gasteiger partial charge is 0.507 e. The lowest BCUT2D eigenvalue weighted by molar-refractivity contribution is -0.117. The van der Waals surface area contributed by atoms with Gasteiger partial charge in [0.05, 0.1) is 0 Å². The topological polar surface area (TPSA) is 63.3 Å². The minimum absolute atomic E-state index is 0.129. The van der Waals surface area contributed by atoms with Crippen molar-refractivity contribution in [3.05, 3.63) is 28.8 Å². The van der Waals surface area contributed by atoms with Gasteiger partial charge in [-0.15, -0.1) is 0 Å². The highest BCUT2D eigenvalue weighted by molar-refractivity contribution is 5.74. The van der Waals surface area contributed by atoms with Gasteiger partial charge in [-0.05, 0) is 34.4 Å². The van der Waals surface area contributed by atoms with E-state index in [-0.39, 0.29) is 17.2 Å². The first kappa shape index (κ1) is 15.5. The molecule has 3 heteroatoms. The molecule has 3 nitrogen and oxygen atoms in total. The maximum absolute atomic E-state index is 10.9. The molecule has 1 rings (SSSR count). The van der Waals surface area contributed by atoms with Crippen LogP contribution in [0.4, 0.5) is 0 Å². The summed E-state index contributed by atoms with van der Waals surface area (Å²) in [5.41, 5.74) is 8.00. The molecule has 0 radical (unpaired) electrons. The molecule has 0 heterocycles. The fourth-order valence-electron chi connectivity index (χ4n) is 2.14. The molecule has 19 heavy (non-hydrogen) atoms. The number of phenolic OH excluding ortho intramolecular Hbond substituents is 1. The third-order valence-corrected chi connectivity index (χ3v) is 3.29. The van der Waals surface area contributed by atoms with Gasteiger partial charge in [0.1, 0.15) is 5.75 Å². The minimum Gasteiger partial charge on any atom is -0.507 e. The van der Waals surface area contributed by atoms with Gasteiger partial charge in [-0.1, -0.05) is 46.8 Å². The molecule has 0 saturated heterocycles. The standard InChI is InChI=1S/C16H25NO2/c1-10(2)12-8-11(6-7-14(17)18)9-13(15(12)19)16(3,4)5/h8-10,19H,6-7H2,1-5H3,(H2,17,18). The number of carbonyl (C=O) groups excluding carboxylic acids is 1. The van der Waals surface area contributed by atoms with E-state index in [1.54, 1.807) is 0 Å². The molecule has 0 fully saturated rings. The number of hydrogen-bond acceptors (Lipinski definition) is 2. The Kier molecular flexibility index (Phi) is 4.61. The second-order valence-electron chi connectivity index (χ2n) is 6.45. The minimum atomic E-state index is -0.295. The zero-order chi connectivity index (χ0) is 14.8. The number of amides is 1. The van der Waals surface area contributed by atoms with Crippen molar-refractivity contribution in [2.24, 2.45) is 5.73 Å². The Balaban J connectivity index is 3.27. The summed E-state index contributed by atoms with van der Waals surface area (Å²) in [5.74, 6) is 0.330. The second kappa shape index (κ2) is 5.64. The summed E-state index contributed by atoms with van der Waals surface area (Å²) in [7, 11) is 0. The van der Waals surface area contributed by atoms with Gasteiger partial charge < -0.3 is 10.8 Å². The van der Waals surface area contributed by atoms with Crippen molar-refractivity contribution in [2.75, 3.05) is 0 Å². The van der Waals surface area contributed by atoms with Crippen LogP contribution in [0.25, 0.3) is 0 Å². The van der Waals surface area contributed by atoms with E-state index in [1.807, 2.05) is 12.1 Å². The Morgan fingerprint density at radius 2 is 1.89 bits per heavy atom. The van der Waals surface area contributed by atoms with Crippen LogP contribution in [-0.2, 0) is 16.6 Å². The van der Waals surface area contributed by atoms with Crippen molar-refractivity contribution < 1.29 is 9.90 Å². The molecule has 0 aliphatic heterocycles. The number of hydrogen-bond donors (Lipinski definition) is 2. The van der Waals surface area contributed by atoms with E-state index >= 15 is 0 Å². The number of carbonyl (C=O) groups is 1. The molecule has 1 aromatic rings. The van der Waals surface area contributed by atoms with Gasteiger partial charge >= 0.3 is 0 Å². The second-order valence-corrected chi connectivity index (χ2v) is 6.45. The van der Waals surface area contributed by atoms with E-state index in [1.165, 1.54) is 0 Å². The smallest absolute Gasteiger partial charge is 0.217 e. The maximum Gasteiger partial charge on any atom is 0.217 e. The van der Waals surface area contributed by atoms with Crippen LogP contribution in [0.2, 0.25) is 0 Å². The molecule has 0 bridgehead atoms. The van der Waals surface area contributed by atoms with Gasteiger partial charge in [0.2, 0.25) is 5.91 Å². The highest BCUT2D eigenvalue weighted by Crippen LogP contribution is 2.37. The molecule has 0 spiro atoms. The van der Waals surface area contributed by atoms with E-state index in [0.717, 1.165) is 16.7 Å². The quantitative estimate of drug-likeness (QED) is 0.876. The molecule has 1 amide bonds. The SMILES string of the molecule is CC(C)c1cc(CCC(N)=O)cc(C(C)(C)C)c1O. The average molecular weight is 263 g/mol. The van der Waals surface area contributed by atoms with Crippen LogP contribution >= 0.6 is 0 Å². The van der Waals surface area contributed by atoms with Gasteiger partial charge in [-0.3, -0.25) is 4.79 Å². The number of primary amides is 1. The molecule has 0 atom stereocenters. The van der Waals surface area contributed by atoms with E-state index < -0.39 is 0 Å². The molecule has 106 valence electrons. The molecule has 0 aromatic heterocycles. The van der Waals surface area contributed by atoms with Crippen molar-refractivity contribution in [2.45, 2.75) is 58.8 Å². The molecule has 3 N–H and O–H groups in total. The van der Waals surface area contributed by atoms with E-state index in [2.05, 4.69) is 34.6 Å². The van der Waals surface area contributed by atoms with Crippen molar-refractivity contribution in [1.82, 2.24) is 0 Å². The summed E-state index contributed by atoms with van der Waals surface area (Å²) in [6.07, 6.45) is 0.963. The van der Waals surface area contributed by atoms with Crippen LogP contribution in [-0.4, -0.2) is 11.0 Å². The Hall–Kier alpha value is -1.51. The zero-order valence-electron chi connectivity index (χ0n) is 12.6. The summed E-state index contributed by atoms with van der Waals surface area (Å²) in [6, 6.07) is 3.97. The molecule has 0 aliphatic carbocycles. The Bertz CT molecular complexity index is 470. The highest BCUT2D eigenvalue weighted by atomic mass is 16.3. The predicted molar refractivity (Wildman–Crippen MR) is 78.4 cm³/mol. The van der Waals surface area contributed by atoms with E-state index in [0.29, 0.717) is 18.6 Å².